The minimum atomic E-state index is -4.40. The van der Waals surface area contributed by atoms with E-state index < -0.39 is 17.6 Å². The quantitative estimate of drug-likeness (QED) is 0.813. The number of halogens is 3. The van der Waals surface area contributed by atoms with Crippen molar-refractivity contribution >= 4 is 11.6 Å². The summed E-state index contributed by atoms with van der Waals surface area (Å²) in [5.74, 6) is -0.429. The predicted molar refractivity (Wildman–Crippen MR) is 95.2 cm³/mol. The van der Waals surface area contributed by atoms with Crippen molar-refractivity contribution in [1.29, 1.82) is 0 Å². The fourth-order valence-corrected chi connectivity index (χ4v) is 3.11. The highest BCUT2D eigenvalue weighted by Crippen LogP contribution is 2.29. The summed E-state index contributed by atoms with van der Waals surface area (Å²) in [5.41, 5.74) is 1.24. The molecule has 1 amide bonds. The summed E-state index contributed by atoms with van der Waals surface area (Å²) in [6.07, 6.45) is 0.127. The Morgan fingerprint density at radius 2 is 1.77 bits per heavy atom. The Hall–Kier alpha value is -2.34. The van der Waals surface area contributed by atoms with Crippen LogP contribution in [0.3, 0.4) is 0 Å². The Morgan fingerprint density at radius 3 is 2.35 bits per heavy atom. The van der Waals surface area contributed by atoms with Crippen LogP contribution < -0.4 is 10.6 Å². The van der Waals surface area contributed by atoms with Gasteiger partial charge in [-0.2, -0.15) is 13.2 Å². The van der Waals surface area contributed by atoms with E-state index in [-0.39, 0.29) is 5.56 Å². The van der Waals surface area contributed by atoms with E-state index in [9.17, 15) is 18.0 Å². The number of nitrogens with one attached hydrogen (secondary N) is 2. The smallest absolute Gasteiger partial charge is 0.322 e. The zero-order chi connectivity index (χ0) is 18.6. The Kier molecular flexibility index (Phi) is 5.61. The first-order chi connectivity index (χ1) is 12.4. The molecule has 1 unspecified atom stereocenters. The fourth-order valence-electron chi connectivity index (χ4n) is 3.11. The normalized spacial score (nSPS) is 17.3. The van der Waals surface area contributed by atoms with Gasteiger partial charge in [-0.25, -0.2) is 0 Å². The average molecular weight is 362 g/mol. The molecule has 3 nitrogen and oxygen atoms in total. The molecule has 138 valence electrons. The van der Waals surface area contributed by atoms with E-state index in [2.05, 4.69) is 10.6 Å². The van der Waals surface area contributed by atoms with E-state index in [0.717, 1.165) is 31.5 Å². The van der Waals surface area contributed by atoms with E-state index in [1.54, 1.807) is 0 Å². The number of aryl methyl sites for hydroxylation is 1. The number of rotatable bonds is 5. The maximum Gasteiger partial charge on any atom is 0.416 e. The minimum absolute atomic E-state index is 0.189. The third-order valence-electron chi connectivity index (χ3n) is 4.63. The molecule has 6 heteroatoms. The second kappa shape index (κ2) is 7.91. The topological polar surface area (TPSA) is 41.1 Å². The van der Waals surface area contributed by atoms with Gasteiger partial charge in [0.1, 0.15) is 0 Å². The van der Waals surface area contributed by atoms with Crippen LogP contribution in [0.1, 0.15) is 40.7 Å². The highest BCUT2D eigenvalue weighted by molar-refractivity contribution is 6.04. The number of anilines is 1. The Balaban J connectivity index is 1.55. The molecule has 2 N–H and O–H groups in total. The number of alkyl halides is 3. The van der Waals surface area contributed by atoms with Gasteiger partial charge in [-0.3, -0.25) is 4.79 Å². The fraction of sp³-hybridized carbons (Fsp3) is 0.350. The molecule has 0 aromatic heterocycles. The molecule has 0 bridgehead atoms. The highest BCUT2D eigenvalue weighted by atomic mass is 19.4. The lowest BCUT2D eigenvalue weighted by molar-refractivity contribution is -0.137. The van der Waals surface area contributed by atoms with Crippen LogP contribution in [-0.4, -0.2) is 18.5 Å². The second-order valence-electron chi connectivity index (χ2n) is 6.56. The molecular formula is C20H21F3N2O. The third-order valence-corrected chi connectivity index (χ3v) is 4.63. The van der Waals surface area contributed by atoms with Crippen LogP contribution >= 0.6 is 0 Å². The molecule has 0 aliphatic carbocycles. The van der Waals surface area contributed by atoms with Crippen molar-refractivity contribution in [1.82, 2.24) is 5.32 Å². The van der Waals surface area contributed by atoms with Crippen molar-refractivity contribution in [3.05, 3.63) is 65.2 Å². The van der Waals surface area contributed by atoms with Crippen molar-refractivity contribution in [2.45, 2.75) is 37.9 Å². The first kappa shape index (κ1) is 18.5. The molecule has 2 aromatic rings. The number of carbonyl (C=O) groups excluding carboxylic acids is 1. The molecule has 0 spiro atoms. The number of carbonyl (C=O) groups is 1. The van der Waals surface area contributed by atoms with E-state index in [0.29, 0.717) is 11.7 Å². The Bertz CT molecular complexity index is 733. The lowest BCUT2D eigenvalue weighted by Crippen LogP contribution is -2.21. The van der Waals surface area contributed by atoms with Crippen molar-refractivity contribution in [3.63, 3.8) is 0 Å². The first-order valence-electron chi connectivity index (χ1n) is 8.73. The maximum atomic E-state index is 12.6. The van der Waals surface area contributed by atoms with E-state index in [1.165, 1.54) is 30.5 Å². The molecule has 1 heterocycles. The zero-order valence-electron chi connectivity index (χ0n) is 14.3. The van der Waals surface area contributed by atoms with Gasteiger partial charge in [-0.15, -0.1) is 0 Å². The summed E-state index contributed by atoms with van der Waals surface area (Å²) in [6.45, 7) is 1.10. The molecule has 3 rings (SSSR count). The molecule has 1 aliphatic heterocycles. The molecule has 2 aromatic carbocycles. The summed E-state index contributed by atoms with van der Waals surface area (Å²) in [5, 5.41) is 6.18. The maximum absolute atomic E-state index is 12.6. The largest absolute Gasteiger partial charge is 0.416 e. The zero-order valence-corrected chi connectivity index (χ0v) is 14.3. The molecule has 26 heavy (non-hydrogen) atoms. The summed E-state index contributed by atoms with van der Waals surface area (Å²) >= 11 is 0. The average Bonchev–Trinajstić information content (AvgIpc) is 3.14. The number of hydrogen-bond acceptors (Lipinski definition) is 2. The van der Waals surface area contributed by atoms with Gasteiger partial charge in [0.2, 0.25) is 0 Å². The Morgan fingerprint density at radius 1 is 1.08 bits per heavy atom. The van der Waals surface area contributed by atoms with Crippen LogP contribution in [0.2, 0.25) is 0 Å². The third kappa shape index (κ3) is 4.85. The molecule has 1 fully saturated rings. The number of hydrogen-bond donors (Lipinski definition) is 2. The van der Waals surface area contributed by atoms with Crippen LogP contribution in [-0.2, 0) is 12.6 Å². The molecular weight excluding hydrogens is 341 g/mol. The summed E-state index contributed by atoms with van der Waals surface area (Å²) in [6, 6.07) is 12.4. The Labute approximate surface area is 150 Å². The van der Waals surface area contributed by atoms with Crippen molar-refractivity contribution in [2.24, 2.45) is 0 Å². The molecule has 0 radical (unpaired) electrons. The number of benzene rings is 2. The standard InChI is InChI=1S/C20H21F3N2O/c21-20(22,23)16-8-6-15(7-9-16)19(26)25-18-11-4-14(5-12-18)3-10-17-2-1-13-24-17/h4-9,11-12,17,24H,1-3,10,13H2,(H,25,26). The monoisotopic (exact) mass is 362 g/mol. The molecule has 1 atom stereocenters. The van der Waals surface area contributed by atoms with Crippen LogP contribution in [0, 0.1) is 0 Å². The van der Waals surface area contributed by atoms with Gasteiger partial charge < -0.3 is 10.6 Å². The lowest BCUT2D eigenvalue weighted by atomic mass is 10.0. The van der Waals surface area contributed by atoms with Gasteiger partial charge in [-0.05, 0) is 74.2 Å². The van der Waals surface area contributed by atoms with Gasteiger partial charge in [0.05, 0.1) is 5.56 Å². The minimum Gasteiger partial charge on any atom is -0.322 e. The predicted octanol–water partition coefficient (Wildman–Crippen LogP) is 4.64. The highest BCUT2D eigenvalue weighted by Gasteiger charge is 2.30. The van der Waals surface area contributed by atoms with Crippen LogP contribution in [0.25, 0.3) is 0 Å². The van der Waals surface area contributed by atoms with Gasteiger partial charge in [0, 0.05) is 17.3 Å². The van der Waals surface area contributed by atoms with Crippen molar-refractivity contribution in [3.8, 4) is 0 Å². The molecule has 1 aliphatic rings. The van der Waals surface area contributed by atoms with E-state index >= 15 is 0 Å². The van der Waals surface area contributed by atoms with Crippen molar-refractivity contribution in [2.75, 3.05) is 11.9 Å². The van der Waals surface area contributed by atoms with Crippen molar-refractivity contribution < 1.29 is 18.0 Å². The van der Waals surface area contributed by atoms with Gasteiger partial charge >= 0.3 is 6.18 Å². The summed E-state index contributed by atoms with van der Waals surface area (Å²) in [4.78, 5) is 12.2. The van der Waals surface area contributed by atoms with Crippen LogP contribution in [0.5, 0.6) is 0 Å². The van der Waals surface area contributed by atoms with Crippen LogP contribution in [0.15, 0.2) is 48.5 Å². The number of amides is 1. The van der Waals surface area contributed by atoms with Gasteiger partial charge in [0.15, 0.2) is 0 Å². The van der Waals surface area contributed by atoms with E-state index in [4.69, 9.17) is 0 Å². The summed E-state index contributed by atoms with van der Waals surface area (Å²) < 4.78 is 37.7. The van der Waals surface area contributed by atoms with Gasteiger partial charge in [0.25, 0.3) is 5.91 Å². The van der Waals surface area contributed by atoms with Crippen LogP contribution in [0.4, 0.5) is 18.9 Å². The lowest BCUT2D eigenvalue weighted by Gasteiger charge is -2.11. The second-order valence-corrected chi connectivity index (χ2v) is 6.56. The van der Waals surface area contributed by atoms with Gasteiger partial charge in [-0.1, -0.05) is 12.1 Å². The molecule has 0 saturated carbocycles. The molecule has 1 saturated heterocycles. The SMILES string of the molecule is O=C(Nc1ccc(CCC2CCCN2)cc1)c1ccc(C(F)(F)F)cc1. The van der Waals surface area contributed by atoms with E-state index in [1.807, 2.05) is 24.3 Å². The summed E-state index contributed by atoms with van der Waals surface area (Å²) in [7, 11) is 0. The first-order valence-corrected chi connectivity index (χ1v) is 8.73.